The normalized spacial score (nSPS) is 11.0. The molecule has 9 aromatic carbocycles. The second-order valence-electron chi connectivity index (χ2n) is 13.8. The topological polar surface area (TPSA) is 20.2 Å². The number of rotatable bonds is 8. The van der Waals surface area contributed by atoms with Gasteiger partial charge in [-0.2, -0.15) is 0 Å². The summed E-state index contributed by atoms with van der Waals surface area (Å²) in [6.45, 7) is 0. The molecule has 0 saturated heterocycles. The van der Waals surface area contributed by atoms with Crippen molar-refractivity contribution in [3.05, 3.63) is 224 Å². The molecule has 0 fully saturated rings. The molecule has 0 unspecified atom stereocenters. The fourth-order valence-corrected chi connectivity index (χ4v) is 7.84. The van der Waals surface area contributed by atoms with Crippen LogP contribution in [0.25, 0.3) is 89.0 Å². The van der Waals surface area contributed by atoms with Gasteiger partial charge in [0.15, 0.2) is 0 Å². The van der Waals surface area contributed by atoms with E-state index in [-0.39, 0.29) is 5.75 Å². The van der Waals surface area contributed by atoms with Gasteiger partial charge < -0.3 is 5.11 Å². The summed E-state index contributed by atoms with van der Waals surface area (Å²) in [5.41, 5.74) is 18.3. The molecule has 0 aromatic heterocycles. The molecule has 1 N–H and O–H groups in total. The van der Waals surface area contributed by atoms with E-state index in [1.165, 1.54) is 22.3 Å². The van der Waals surface area contributed by atoms with E-state index in [4.69, 9.17) is 0 Å². The van der Waals surface area contributed by atoms with Crippen molar-refractivity contribution in [1.29, 1.82) is 0 Å². The molecule has 9 rings (SSSR count). The Hall–Kier alpha value is -7.22. The van der Waals surface area contributed by atoms with Gasteiger partial charge in [0.25, 0.3) is 0 Å². The Balaban J connectivity index is 1.39. The molecule has 0 radical (unpaired) electrons. The molecule has 0 aliphatic rings. The van der Waals surface area contributed by atoms with Crippen LogP contribution in [0, 0.1) is 0 Å². The monoisotopic (exact) mass is 702 g/mol. The molecule has 55 heavy (non-hydrogen) atoms. The van der Waals surface area contributed by atoms with E-state index < -0.39 is 0 Å². The maximum atomic E-state index is 10.5. The second kappa shape index (κ2) is 15.0. The van der Waals surface area contributed by atoms with Crippen LogP contribution in [0.3, 0.4) is 0 Å². The lowest BCUT2D eigenvalue weighted by Crippen LogP contribution is -2.02. The quantitative estimate of drug-likeness (QED) is 0.167. The van der Waals surface area contributed by atoms with Gasteiger partial charge in [0, 0.05) is 0 Å². The Morgan fingerprint density at radius 2 is 0.327 bits per heavy atom. The molecule has 9 aromatic rings. The van der Waals surface area contributed by atoms with Crippen LogP contribution in [0.4, 0.5) is 0 Å². The van der Waals surface area contributed by atoms with Crippen LogP contribution >= 0.6 is 0 Å². The average molecular weight is 703 g/mol. The van der Waals surface area contributed by atoms with Gasteiger partial charge in [0.2, 0.25) is 0 Å². The Kier molecular flexibility index (Phi) is 9.18. The molecule has 260 valence electrons. The summed E-state index contributed by atoms with van der Waals surface area (Å²) in [6, 6.07) is 79.2. The van der Waals surface area contributed by atoms with Crippen molar-refractivity contribution in [3.63, 3.8) is 0 Å². The lowest BCUT2D eigenvalue weighted by atomic mass is 9.74. The smallest absolute Gasteiger partial charge is 0.115 e. The lowest BCUT2D eigenvalue weighted by Gasteiger charge is -2.29. The summed E-state index contributed by atoms with van der Waals surface area (Å²) in [5.74, 6) is 0.239. The Bertz CT molecular complexity index is 2670. The summed E-state index contributed by atoms with van der Waals surface area (Å²) in [7, 11) is 0. The largest absolute Gasteiger partial charge is 0.508 e. The standard InChI is InChI=1S/C54H38O/c55-48-36-34-47(35-37-48)54-51(44-22-12-4-13-23-44)49(42-18-8-2-9-19-42)50(43-20-10-3-11-21-43)53(52(54)45-24-14-5-15-25-45)46-32-30-41(31-33-46)40-28-26-39(27-29-40)38-16-6-1-7-17-38/h1-37,55H. The van der Waals surface area contributed by atoms with Gasteiger partial charge in [0.1, 0.15) is 5.75 Å². The number of hydrogen-bond acceptors (Lipinski definition) is 1. The van der Waals surface area contributed by atoms with Crippen LogP contribution in [0.2, 0.25) is 0 Å². The third-order valence-electron chi connectivity index (χ3n) is 10.4. The van der Waals surface area contributed by atoms with Gasteiger partial charge in [0.05, 0.1) is 0 Å². The highest BCUT2D eigenvalue weighted by atomic mass is 16.3. The maximum Gasteiger partial charge on any atom is 0.115 e. The highest BCUT2D eigenvalue weighted by molar-refractivity contribution is 6.15. The number of aromatic hydroxyl groups is 1. The SMILES string of the molecule is Oc1ccc(-c2c(-c3ccccc3)c(-c3ccccc3)c(-c3ccccc3)c(-c3ccc(-c4ccc(-c5ccccc5)cc4)cc3)c2-c2ccccc2)cc1. The molecular weight excluding hydrogens is 665 g/mol. The summed E-state index contributed by atoms with van der Waals surface area (Å²) >= 11 is 0. The number of hydrogen-bond donors (Lipinski definition) is 1. The predicted octanol–water partition coefficient (Wildman–Crippen LogP) is 14.7. The molecular formula is C54H38O. The summed E-state index contributed by atoms with van der Waals surface area (Å²) in [4.78, 5) is 0. The minimum Gasteiger partial charge on any atom is -0.508 e. The first-order valence-electron chi connectivity index (χ1n) is 18.7. The molecule has 0 heterocycles. The van der Waals surface area contributed by atoms with E-state index in [1.54, 1.807) is 12.1 Å². The Morgan fingerprint density at radius 1 is 0.164 bits per heavy atom. The van der Waals surface area contributed by atoms with Crippen molar-refractivity contribution < 1.29 is 5.11 Å². The zero-order valence-corrected chi connectivity index (χ0v) is 30.3. The molecule has 0 amide bonds. The van der Waals surface area contributed by atoms with Gasteiger partial charge in [-0.1, -0.05) is 212 Å². The van der Waals surface area contributed by atoms with Crippen molar-refractivity contribution >= 4 is 0 Å². The van der Waals surface area contributed by atoms with Crippen molar-refractivity contribution in [2.45, 2.75) is 0 Å². The first-order chi connectivity index (χ1) is 27.2. The van der Waals surface area contributed by atoms with Gasteiger partial charge in [-0.25, -0.2) is 0 Å². The van der Waals surface area contributed by atoms with Crippen molar-refractivity contribution in [2.75, 3.05) is 0 Å². The number of phenols is 1. The van der Waals surface area contributed by atoms with E-state index >= 15 is 0 Å². The van der Waals surface area contributed by atoms with Crippen molar-refractivity contribution in [2.24, 2.45) is 0 Å². The molecule has 1 heteroatoms. The molecule has 0 aliphatic heterocycles. The summed E-state index contributed by atoms with van der Waals surface area (Å²) < 4.78 is 0. The molecule has 1 nitrogen and oxygen atoms in total. The first-order valence-corrected chi connectivity index (χ1v) is 18.7. The predicted molar refractivity (Wildman–Crippen MR) is 232 cm³/mol. The molecule has 0 aliphatic carbocycles. The fourth-order valence-electron chi connectivity index (χ4n) is 7.84. The van der Waals surface area contributed by atoms with Crippen LogP contribution in [0.1, 0.15) is 0 Å². The highest BCUT2D eigenvalue weighted by Gasteiger charge is 2.29. The zero-order valence-electron chi connectivity index (χ0n) is 30.3. The van der Waals surface area contributed by atoms with E-state index in [0.29, 0.717) is 0 Å². The third kappa shape index (κ3) is 6.65. The van der Waals surface area contributed by atoms with Crippen LogP contribution in [-0.4, -0.2) is 5.11 Å². The Labute approximate surface area is 323 Å². The van der Waals surface area contributed by atoms with E-state index in [0.717, 1.165) is 66.8 Å². The van der Waals surface area contributed by atoms with Crippen molar-refractivity contribution in [3.8, 4) is 94.8 Å². The zero-order chi connectivity index (χ0) is 37.0. The minimum absolute atomic E-state index is 0.239. The van der Waals surface area contributed by atoms with Gasteiger partial charge in [-0.05, 0) is 101 Å². The van der Waals surface area contributed by atoms with Crippen LogP contribution in [0.15, 0.2) is 224 Å². The summed E-state index contributed by atoms with van der Waals surface area (Å²) in [5, 5.41) is 10.5. The second-order valence-corrected chi connectivity index (χ2v) is 13.8. The molecule has 0 bridgehead atoms. The average Bonchev–Trinajstić information content (AvgIpc) is 3.27. The Morgan fingerprint density at radius 3 is 0.582 bits per heavy atom. The van der Waals surface area contributed by atoms with Gasteiger partial charge >= 0.3 is 0 Å². The highest BCUT2D eigenvalue weighted by Crippen LogP contribution is 2.56. The van der Waals surface area contributed by atoms with E-state index in [1.807, 2.05) is 12.1 Å². The number of phenolic OH excluding ortho intramolecular Hbond substituents is 1. The number of benzene rings is 9. The van der Waals surface area contributed by atoms with Crippen LogP contribution in [0.5, 0.6) is 5.75 Å². The van der Waals surface area contributed by atoms with Crippen LogP contribution < -0.4 is 0 Å². The molecule has 0 spiro atoms. The van der Waals surface area contributed by atoms with Gasteiger partial charge in [-0.3, -0.25) is 0 Å². The molecule has 0 saturated carbocycles. The van der Waals surface area contributed by atoms with E-state index in [9.17, 15) is 5.11 Å². The van der Waals surface area contributed by atoms with Crippen LogP contribution in [-0.2, 0) is 0 Å². The van der Waals surface area contributed by atoms with E-state index in [2.05, 4.69) is 200 Å². The molecule has 0 atom stereocenters. The fraction of sp³-hybridized carbons (Fsp3) is 0. The lowest BCUT2D eigenvalue weighted by molar-refractivity contribution is 0.475. The first kappa shape index (κ1) is 33.6. The summed E-state index contributed by atoms with van der Waals surface area (Å²) in [6.07, 6.45) is 0. The van der Waals surface area contributed by atoms with Gasteiger partial charge in [-0.15, -0.1) is 0 Å². The minimum atomic E-state index is 0.239. The van der Waals surface area contributed by atoms with Crippen molar-refractivity contribution in [1.82, 2.24) is 0 Å². The third-order valence-corrected chi connectivity index (χ3v) is 10.4. The maximum absolute atomic E-state index is 10.5.